The van der Waals surface area contributed by atoms with Crippen LogP contribution in [-0.4, -0.2) is 9.97 Å². The maximum Gasteiger partial charge on any atom is 0.0351 e. The Morgan fingerprint density at radius 3 is 2.50 bits per heavy atom. The van der Waals surface area contributed by atoms with Crippen molar-refractivity contribution in [1.82, 2.24) is 9.97 Å². The third-order valence-corrected chi connectivity index (χ3v) is 5.46. The van der Waals surface area contributed by atoms with Crippen molar-refractivity contribution in [1.29, 1.82) is 0 Å². The van der Waals surface area contributed by atoms with Crippen LogP contribution in [0.4, 0.5) is 0 Å². The monoisotopic (exact) mass is 600 g/mol. The second-order valence-electron chi connectivity index (χ2n) is 7.64. The van der Waals surface area contributed by atoms with Crippen LogP contribution in [0.15, 0.2) is 91.3 Å². The van der Waals surface area contributed by atoms with E-state index in [-0.39, 0.29) is 20.1 Å². The predicted molar refractivity (Wildman–Crippen MR) is 128 cm³/mol. The molecule has 1 radical (unpaired) electrons. The molecule has 2 nitrogen and oxygen atoms in total. The number of hydrogen-bond acceptors (Lipinski definition) is 2. The minimum Gasteiger partial charge on any atom is -0.320 e. The van der Waals surface area contributed by atoms with Gasteiger partial charge >= 0.3 is 0 Å². The summed E-state index contributed by atoms with van der Waals surface area (Å²) in [6, 6.07) is 28.2. The van der Waals surface area contributed by atoms with Crippen molar-refractivity contribution in [2.75, 3.05) is 0 Å². The molecule has 0 spiro atoms. The summed E-state index contributed by atoms with van der Waals surface area (Å²) in [5.41, 5.74) is 4.92. The van der Waals surface area contributed by atoms with Gasteiger partial charge < -0.3 is 11.4 Å². The minimum absolute atomic E-state index is 0. The number of nitrogens with zero attached hydrogens (tertiary/aromatic N) is 2. The molecule has 1 aliphatic rings. The third kappa shape index (κ3) is 6.45. The maximum atomic E-state index is 7.87. The van der Waals surface area contributed by atoms with Crippen molar-refractivity contribution >= 4 is 0 Å². The first-order valence-corrected chi connectivity index (χ1v) is 10.8. The Hall–Kier alpha value is -2.61. The molecule has 2 heterocycles. The van der Waals surface area contributed by atoms with E-state index in [1.807, 2.05) is 72.8 Å². The van der Waals surface area contributed by atoms with Crippen LogP contribution >= 0.6 is 0 Å². The molecule has 2 aromatic heterocycles. The molecular formula is C29H28IrN2-2. The number of rotatable bonds is 3. The Kier molecular flexibility index (Phi) is 7.78. The van der Waals surface area contributed by atoms with E-state index in [2.05, 4.69) is 22.5 Å². The Balaban J connectivity index is 0.000000223. The number of pyridine rings is 2. The van der Waals surface area contributed by atoms with Crippen LogP contribution in [0.3, 0.4) is 0 Å². The van der Waals surface area contributed by atoms with Gasteiger partial charge in [-0.1, -0.05) is 61.7 Å². The molecule has 0 N–H and O–H groups in total. The molecule has 3 heteroatoms. The number of aryl methyl sites for hydroxylation is 1. The molecular weight excluding hydrogens is 569 g/mol. The van der Waals surface area contributed by atoms with Gasteiger partial charge in [0.25, 0.3) is 0 Å². The number of aromatic nitrogens is 2. The first kappa shape index (κ1) is 20.0. The zero-order chi connectivity index (χ0) is 23.8. The topological polar surface area (TPSA) is 25.8 Å². The Bertz CT molecular complexity index is 1120. The van der Waals surface area contributed by atoms with E-state index in [0.29, 0.717) is 17.0 Å². The van der Waals surface area contributed by atoms with E-state index >= 15 is 0 Å². The van der Waals surface area contributed by atoms with Crippen molar-refractivity contribution in [2.24, 2.45) is 0 Å². The fourth-order valence-corrected chi connectivity index (χ4v) is 3.81. The van der Waals surface area contributed by atoms with Crippen LogP contribution in [-0.2, 0) is 20.1 Å². The third-order valence-electron chi connectivity index (χ3n) is 5.46. The van der Waals surface area contributed by atoms with Crippen LogP contribution in [0.2, 0.25) is 0 Å². The van der Waals surface area contributed by atoms with E-state index in [4.69, 9.17) is 4.11 Å². The molecule has 0 aliphatic heterocycles. The van der Waals surface area contributed by atoms with E-state index in [0.717, 1.165) is 35.4 Å². The Morgan fingerprint density at radius 2 is 1.81 bits per heavy atom. The van der Waals surface area contributed by atoms with Gasteiger partial charge in [-0.05, 0) is 35.8 Å². The molecule has 0 amide bonds. The molecule has 1 fully saturated rings. The standard InChI is InChI=1S/C18H20N.C11H8N.Ir/c1-14-12-18(16-10-6-3-7-11-16)19-13-17(14)15-8-4-2-5-9-15;1-2-6-10(7-3-1)11-8-4-5-9-12-11;/h2,4-5,8-10,12-13,16H,3,6-7,11H2,1H3;1-6,8-9H;/q2*-1;/i1D3;;. The summed E-state index contributed by atoms with van der Waals surface area (Å²) in [5.74, 6) is 0.291. The first-order chi connectivity index (χ1) is 16.5. The number of benzene rings is 2. The van der Waals surface area contributed by atoms with Gasteiger partial charge in [0.15, 0.2) is 0 Å². The van der Waals surface area contributed by atoms with Crippen LogP contribution in [0, 0.1) is 19.3 Å². The van der Waals surface area contributed by atoms with Gasteiger partial charge in [0.1, 0.15) is 0 Å². The van der Waals surface area contributed by atoms with E-state index < -0.39 is 6.85 Å². The maximum absolute atomic E-state index is 7.87. The molecule has 0 bridgehead atoms. The van der Waals surface area contributed by atoms with E-state index in [1.54, 1.807) is 18.5 Å². The van der Waals surface area contributed by atoms with Crippen LogP contribution in [0.1, 0.15) is 47.0 Å². The minimum atomic E-state index is -2.13. The first-order valence-electron chi connectivity index (χ1n) is 12.3. The summed E-state index contributed by atoms with van der Waals surface area (Å²) in [4.78, 5) is 8.79. The zero-order valence-electron chi connectivity index (χ0n) is 20.9. The molecule has 1 aliphatic carbocycles. The quantitative estimate of drug-likeness (QED) is 0.229. The van der Waals surface area contributed by atoms with Gasteiger partial charge in [-0.25, -0.2) is 0 Å². The summed E-state index contributed by atoms with van der Waals surface area (Å²) in [6.07, 6.45) is 10.4. The smallest absolute Gasteiger partial charge is 0.0351 e. The molecule has 0 saturated heterocycles. The van der Waals surface area contributed by atoms with Gasteiger partial charge in [0.2, 0.25) is 0 Å². The average Bonchev–Trinajstić information content (AvgIpc) is 2.90. The second kappa shape index (κ2) is 12.4. The van der Waals surface area contributed by atoms with Crippen LogP contribution in [0.25, 0.3) is 22.4 Å². The molecule has 1 saturated carbocycles. The van der Waals surface area contributed by atoms with Crippen molar-refractivity contribution in [3.05, 3.63) is 115 Å². The fourth-order valence-electron chi connectivity index (χ4n) is 3.81. The summed E-state index contributed by atoms with van der Waals surface area (Å²) >= 11 is 0. The molecule has 1 unspecified atom stereocenters. The van der Waals surface area contributed by atoms with Gasteiger partial charge in [0.05, 0.1) is 0 Å². The van der Waals surface area contributed by atoms with Gasteiger partial charge in [-0.2, -0.15) is 6.42 Å². The van der Waals surface area contributed by atoms with Crippen molar-refractivity contribution in [3.63, 3.8) is 0 Å². The van der Waals surface area contributed by atoms with E-state index in [1.165, 1.54) is 12.8 Å². The Morgan fingerprint density at radius 1 is 0.969 bits per heavy atom. The van der Waals surface area contributed by atoms with Gasteiger partial charge in [-0.3, -0.25) is 4.98 Å². The summed E-state index contributed by atoms with van der Waals surface area (Å²) in [7, 11) is 0. The van der Waals surface area contributed by atoms with Crippen LogP contribution in [0.5, 0.6) is 0 Å². The summed E-state index contributed by atoms with van der Waals surface area (Å²) < 4.78 is 23.6. The molecule has 4 aromatic rings. The van der Waals surface area contributed by atoms with E-state index in [9.17, 15) is 0 Å². The molecule has 32 heavy (non-hydrogen) atoms. The Labute approximate surface area is 209 Å². The van der Waals surface area contributed by atoms with Gasteiger partial charge in [-0.15, -0.1) is 41.8 Å². The second-order valence-corrected chi connectivity index (χ2v) is 7.64. The van der Waals surface area contributed by atoms with Crippen molar-refractivity contribution in [3.8, 4) is 22.4 Å². The predicted octanol–water partition coefficient (Wildman–Crippen LogP) is 7.47. The molecule has 1 atom stereocenters. The van der Waals surface area contributed by atoms with Crippen LogP contribution < -0.4 is 0 Å². The zero-order valence-corrected chi connectivity index (χ0v) is 20.3. The summed E-state index contributed by atoms with van der Waals surface area (Å²) in [6.45, 7) is -2.13. The molecule has 2 aromatic carbocycles. The largest absolute Gasteiger partial charge is 0.320 e. The summed E-state index contributed by atoms with van der Waals surface area (Å²) in [5, 5.41) is 0. The van der Waals surface area contributed by atoms with Crippen molar-refractivity contribution in [2.45, 2.75) is 38.5 Å². The SMILES string of the molecule is [2H]C([2H])([2H])c1cc(C2[CH-]CCCC2)ncc1-c1ccccc1.[Ir].[c-]1ccccc1-c1ccccn1. The number of hydrogen-bond donors (Lipinski definition) is 0. The van der Waals surface area contributed by atoms with Gasteiger partial charge in [0, 0.05) is 47.9 Å². The fraction of sp³-hybridized carbons (Fsp3) is 0.207. The normalized spacial score (nSPS) is 16.9. The molecule has 5 rings (SSSR count). The average molecular weight is 600 g/mol. The molecule has 165 valence electrons. The van der Waals surface area contributed by atoms with Crippen molar-refractivity contribution < 1.29 is 24.2 Å².